The first-order chi connectivity index (χ1) is 9.58. The molecule has 2 aromatic rings. The fourth-order valence-electron chi connectivity index (χ4n) is 2.22. The number of pyridine rings is 1. The van der Waals surface area contributed by atoms with Crippen LogP contribution in [-0.2, 0) is 6.42 Å². The van der Waals surface area contributed by atoms with E-state index >= 15 is 0 Å². The fraction of sp³-hybridized carbons (Fsp3) is 0.294. The van der Waals surface area contributed by atoms with Gasteiger partial charge in [-0.2, -0.15) is 0 Å². The molecule has 3 heteroatoms. The van der Waals surface area contributed by atoms with Gasteiger partial charge in [0.15, 0.2) is 5.78 Å². The monoisotopic (exact) mass is 268 g/mol. The lowest BCUT2D eigenvalue weighted by Crippen LogP contribution is -2.09. The second kappa shape index (κ2) is 6.33. The van der Waals surface area contributed by atoms with Gasteiger partial charge in [-0.25, -0.2) is 4.98 Å². The van der Waals surface area contributed by atoms with Crippen LogP contribution >= 0.6 is 0 Å². The summed E-state index contributed by atoms with van der Waals surface area (Å²) in [6.07, 6.45) is 0.800. The zero-order chi connectivity index (χ0) is 14.5. The molecule has 0 atom stereocenters. The van der Waals surface area contributed by atoms with Crippen molar-refractivity contribution in [1.29, 1.82) is 0 Å². The lowest BCUT2D eigenvalue weighted by atomic mass is 10.1. The average Bonchev–Trinajstić information content (AvgIpc) is 2.42. The minimum Gasteiger partial charge on any atom is -0.384 e. The smallest absolute Gasteiger partial charge is 0.178 e. The molecule has 0 aliphatic rings. The third-order valence-corrected chi connectivity index (χ3v) is 3.33. The van der Waals surface area contributed by atoms with Crippen molar-refractivity contribution in [1.82, 2.24) is 4.98 Å². The number of carbonyl (C=O) groups is 1. The van der Waals surface area contributed by atoms with E-state index in [4.69, 9.17) is 0 Å². The molecule has 0 saturated carbocycles. The first-order valence-corrected chi connectivity index (χ1v) is 6.85. The van der Waals surface area contributed by atoms with Crippen LogP contribution in [0.15, 0.2) is 36.4 Å². The Morgan fingerprint density at radius 1 is 1.10 bits per heavy atom. The highest BCUT2D eigenvalue weighted by atomic mass is 16.1. The molecule has 0 fully saturated rings. The number of Topliss-reactive ketones (excluding diaryl/α,β-unsaturated/α-hetero) is 1. The summed E-state index contributed by atoms with van der Waals surface area (Å²) in [5, 5.41) is 3.45. The van der Waals surface area contributed by atoms with E-state index in [1.807, 2.05) is 12.1 Å². The number of anilines is 1. The standard InChI is InChI=1S/C17H20N2O/c1-12-6-4-7-13(2)17(12)18-11-10-15-8-5-9-16(19-15)14(3)20/h4-9,18H,10-11H2,1-3H3. The fourth-order valence-corrected chi connectivity index (χ4v) is 2.22. The lowest BCUT2D eigenvalue weighted by molar-refractivity contribution is 0.101. The average molecular weight is 268 g/mol. The summed E-state index contributed by atoms with van der Waals surface area (Å²) in [4.78, 5) is 15.7. The molecule has 1 N–H and O–H groups in total. The molecule has 0 radical (unpaired) electrons. The number of hydrogen-bond donors (Lipinski definition) is 1. The Hall–Kier alpha value is -2.16. The van der Waals surface area contributed by atoms with E-state index in [0.29, 0.717) is 5.69 Å². The van der Waals surface area contributed by atoms with E-state index < -0.39 is 0 Å². The highest BCUT2D eigenvalue weighted by molar-refractivity contribution is 5.92. The van der Waals surface area contributed by atoms with Crippen LogP contribution in [0.2, 0.25) is 0 Å². The predicted molar refractivity (Wildman–Crippen MR) is 82.4 cm³/mol. The third kappa shape index (κ3) is 3.44. The Morgan fingerprint density at radius 2 is 1.75 bits per heavy atom. The van der Waals surface area contributed by atoms with Crippen molar-refractivity contribution in [3.05, 3.63) is 58.9 Å². The summed E-state index contributed by atoms with van der Waals surface area (Å²) in [5.74, 6) is 0.00885. The van der Waals surface area contributed by atoms with Crippen molar-refractivity contribution in [2.45, 2.75) is 27.2 Å². The zero-order valence-electron chi connectivity index (χ0n) is 12.2. The minimum atomic E-state index is 0.00885. The van der Waals surface area contributed by atoms with E-state index in [-0.39, 0.29) is 5.78 Å². The Kier molecular flexibility index (Phi) is 4.51. The molecule has 0 aliphatic heterocycles. The maximum absolute atomic E-state index is 11.3. The van der Waals surface area contributed by atoms with Gasteiger partial charge in [-0.1, -0.05) is 24.3 Å². The molecule has 0 unspecified atom stereocenters. The Balaban J connectivity index is 1.99. The van der Waals surface area contributed by atoms with Crippen molar-refractivity contribution < 1.29 is 4.79 Å². The molecule has 20 heavy (non-hydrogen) atoms. The number of benzene rings is 1. The molecule has 104 valence electrons. The largest absolute Gasteiger partial charge is 0.384 e. The van der Waals surface area contributed by atoms with Crippen molar-refractivity contribution in [3.63, 3.8) is 0 Å². The predicted octanol–water partition coefficient (Wildman–Crippen LogP) is 3.56. The quantitative estimate of drug-likeness (QED) is 0.843. The first kappa shape index (κ1) is 14.3. The van der Waals surface area contributed by atoms with Gasteiger partial charge < -0.3 is 5.32 Å². The number of rotatable bonds is 5. The Morgan fingerprint density at radius 3 is 2.40 bits per heavy atom. The number of nitrogens with zero attached hydrogens (tertiary/aromatic N) is 1. The maximum atomic E-state index is 11.3. The molecule has 0 bridgehead atoms. The van der Waals surface area contributed by atoms with Gasteiger partial charge in [-0.15, -0.1) is 0 Å². The number of hydrogen-bond acceptors (Lipinski definition) is 3. The second-order valence-corrected chi connectivity index (χ2v) is 5.01. The van der Waals surface area contributed by atoms with Crippen LogP contribution in [0, 0.1) is 13.8 Å². The molecule has 0 saturated heterocycles. The summed E-state index contributed by atoms with van der Waals surface area (Å²) in [6, 6.07) is 11.9. The van der Waals surface area contributed by atoms with E-state index in [0.717, 1.165) is 18.7 Å². The van der Waals surface area contributed by atoms with E-state index in [2.05, 4.69) is 42.3 Å². The molecule has 1 aromatic carbocycles. The van der Waals surface area contributed by atoms with Crippen LogP contribution in [0.25, 0.3) is 0 Å². The van der Waals surface area contributed by atoms with Crippen LogP contribution in [0.1, 0.15) is 34.2 Å². The van der Waals surface area contributed by atoms with Gasteiger partial charge in [0, 0.05) is 31.3 Å². The molecule has 1 aromatic heterocycles. The second-order valence-electron chi connectivity index (χ2n) is 5.01. The van der Waals surface area contributed by atoms with E-state index in [9.17, 15) is 4.79 Å². The summed E-state index contributed by atoms with van der Waals surface area (Å²) in [5.41, 5.74) is 5.16. The number of ketones is 1. The minimum absolute atomic E-state index is 0.00885. The van der Waals surface area contributed by atoms with Gasteiger partial charge in [0.05, 0.1) is 0 Å². The molecule has 0 amide bonds. The lowest BCUT2D eigenvalue weighted by Gasteiger charge is -2.12. The molecule has 3 nitrogen and oxygen atoms in total. The van der Waals surface area contributed by atoms with Crippen LogP contribution in [0.5, 0.6) is 0 Å². The zero-order valence-corrected chi connectivity index (χ0v) is 12.2. The molecule has 0 aliphatic carbocycles. The van der Waals surface area contributed by atoms with Gasteiger partial charge in [-0.05, 0) is 37.1 Å². The number of aryl methyl sites for hydroxylation is 2. The van der Waals surface area contributed by atoms with Crippen molar-refractivity contribution >= 4 is 11.5 Å². The van der Waals surface area contributed by atoms with Gasteiger partial charge in [-0.3, -0.25) is 4.79 Å². The van der Waals surface area contributed by atoms with Gasteiger partial charge >= 0.3 is 0 Å². The Labute approximate surface area is 120 Å². The topological polar surface area (TPSA) is 42.0 Å². The van der Waals surface area contributed by atoms with E-state index in [1.165, 1.54) is 16.8 Å². The SMILES string of the molecule is CC(=O)c1cccc(CCNc2c(C)cccc2C)n1. The number of para-hydroxylation sites is 1. The van der Waals surface area contributed by atoms with Gasteiger partial charge in [0.2, 0.25) is 0 Å². The van der Waals surface area contributed by atoms with E-state index in [1.54, 1.807) is 13.0 Å². The van der Waals surface area contributed by atoms with Crippen LogP contribution in [0.3, 0.4) is 0 Å². The molecule has 0 spiro atoms. The number of aromatic nitrogens is 1. The Bertz CT molecular complexity index is 600. The summed E-state index contributed by atoms with van der Waals surface area (Å²) < 4.78 is 0. The summed E-state index contributed by atoms with van der Waals surface area (Å²) in [7, 11) is 0. The van der Waals surface area contributed by atoms with Gasteiger partial charge in [0.25, 0.3) is 0 Å². The maximum Gasteiger partial charge on any atom is 0.178 e. The third-order valence-electron chi connectivity index (χ3n) is 3.33. The molecule has 2 rings (SSSR count). The van der Waals surface area contributed by atoms with Crippen LogP contribution in [-0.4, -0.2) is 17.3 Å². The summed E-state index contributed by atoms with van der Waals surface area (Å²) in [6.45, 7) is 6.55. The van der Waals surface area contributed by atoms with Crippen molar-refractivity contribution in [2.24, 2.45) is 0 Å². The number of nitrogens with one attached hydrogen (secondary N) is 1. The molecular formula is C17H20N2O. The van der Waals surface area contributed by atoms with Crippen molar-refractivity contribution in [2.75, 3.05) is 11.9 Å². The van der Waals surface area contributed by atoms with Crippen molar-refractivity contribution in [3.8, 4) is 0 Å². The molecule has 1 heterocycles. The first-order valence-electron chi connectivity index (χ1n) is 6.85. The highest BCUT2D eigenvalue weighted by Gasteiger charge is 2.04. The summed E-state index contributed by atoms with van der Waals surface area (Å²) >= 11 is 0. The number of carbonyl (C=O) groups excluding carboxylic acids is 1. The van der Waals surface area contributed by atoms with Crippen LogP contribution < -0.4 is 5.32 Å². The van der Waals surface area contributed by atoms with Crippen LogP contribution in [0.4, 0.5) is 5.69 Å². The molecular weight excluding hydrogens is 248 g/mol. The van der Waals surface area contributed by atoms with Gasteiger partial charge in [0.1, 0.15) is 5.69 Å². The normalized spacial score (nSPS) is 10.3. The highest BCUT2D eigenvalue weighted by Crippen LogP contribution is 2.19.